The highest BCUT2D eigenvalue weighted by Gasteiger charge is 2.15. The average Bonchev–Trinajstić information content (AvgIpc) is 2.46. The molecule has 92 valence electrons. The Morgan fingerprint density at radius 3 is 2.94 bits per heavy atom. The van der Waals surface area contributed by atoms with Crippen LogP contribution in [0.3, 0.4) is 0 Å². The zero-order valence-electron chi connectivity index (χ0n) is 10.1. The Kier molecular flexibility index (Phi) is 3.19. The molecule has 1 aliphatic heterocycles. The topological polar surface area (TPSA) is 47.0 Å². The fraction of sp³-hybridized carbons (Fsp3) is 0.286. The molecule has 0 atom stereocenters. The van der Waals surface area contributed by atoms with E-state index in [2.05, 4.69) is 27.4 Å². The maximum atomic E-state index is 5.47. The lowest BCUT2D eigenvalue weighted by Crippen LogP contribution is -2.15. The number of ether oxygens (including phenoxy) is 1. The first kappa shape index (κ1) is 11.2. The lowest BCUT2D eigenvalue weighted by atomic mass is 10.1. The van der Waals surface area contributed by atoms with Crippen LogP contribution in [0.2, 0.25) is 0 Å². The van der Waals surface area contributed by atoms with E-state index in [-0.39, 0.29) is 0 Å². The molecule has 0 aliphatic carbocycles. The number of hydrogen-bond donors (Lipinski definition) is 1. The van der Waals surface area contributed by atoms with Gasteiger partial charge in [-0.05, 0) is 5.56 Å². The molecule has 0 spiro atoms. The summed E-state index contributed by atoms with van der Waals surface area (Å²) >= 11 is 0. The van der Waals surface area contributed by atoms with Crippen molar-refractivity contribution in [2.24, 2.45) is 0 Å². The minimum absolute atomic E-state index is 0.604. The van der Waals surface area contributed by atoms with E-state index in [4.69, 9.17) is 4.74 Å². The van der Waals surface area contributed by atoms with Gasteiger partial charge in [-0.1, -0.05) is 30.3 Å². The van der Waals surface area contributed by atoms with E-state index in [0.717, 1.165) is 36.6 Å². The van der Waals surface area contributed by atoms with Gasteiger partial charge in [-0.2, -0.15) is 0 Å². The highest BCUT2D eigenvalue weighted by atomic mass is 16.5. The van der Waals surface area contributed by atoms with Crippen molar-refractivity contribution in [3.8, 4) is 0 Å². The molecule has 0 saturated carbocycles. The second-order valence-corrected chi connectivity index (χ2v) is 4.29. The second kappa shape index (κ2) is 5.14. The van der Waals surface area contributed by atoms with Gasteiger partial charge in [0.05, 0.1) is 18.9 Å². The van der Waals surface area contributed by atoms with Gasteiger partial charge in [0.25, 0.3) is 0 Å². The number of benzene rings is 1. The zero-order chi connectivity index (χ0) is 12.2. The summed E-state index contributed by atoms with van der Waals surface area (Å²) in [7, 11) is 0. The molecule has 0 bridgehead atoms. The smallest absolute Gasteiger partial charge is 0.135 e. The number of rotatable bonds is 3. The first-order valence-corrected chi connectivity index (χ1v) is 6.12. The third-order valence-corrected chi connectivity index (χ3v) is 3.07. The van der Waals surface area contributed by atoms with Crippen LogP contribution in [0.15, 0.2) is 36.7 Å². The summed E-state index contributed by atoms with van der Waals surface area (Å²) in [5, 5.41) is 3.36. The highest BCUT2D eigenvalue weighted by Crippen LogP contribution is 2.21. The zero-order valence-corrected chi connectivity index (χ0v) is 10.1. The molecule has 4 nitrogen and oxygen atoms in total. The summed E-state index contributed by atoms with van der Waals surface area (Å²) in [5.41, 5.74) is 3.44. The van der Waals surface area contributed by atoms with E-state index in [1.54, 1.807) is 6.33 Å². The van der Waals surface area contributed by atoms with Crippen LogP contribution in [0, 0.1) is 0 Å². The molecule has 2 heterocycles. The summed E-state index contributed by atoms with van der Waals surface area (Å²) < 4.78 is 5.47. The molecular formula is C14H15N3O. The van der Waals surface area contributed by atoms with E-state index < -0.39 is 0 Å². The van der Waals surface area contributed by atoms with Crippen molar-refractivity contribution in [3.63, 3.8) is 0 Å². The van der Waals surface area contributed by atoms with Gasteiger partial charge in [0.15, 0.2) is 0 Å². The molecule has 0 unspecified atom stereocenters. The summed E-state index contributed by atoms with van der Waals surface area (Å²) in [6.45, 7) is 2.12. The van der Waals surface area contributed by atoms with Gasteiger partial charge in [-0.25, -0.2) is 9.97 Å². The quantitative estimate of drug-likeness (QED) is 0.894. The van der Waals surface area contributed by atoms with Crippen LogP contribution in [0.5, 0.6) is 0 Å². The molecule has 1 aromatic heterocycles. The fourth-order valence-electron chi connectivity index (χ4n) is 2.09. The van der Waals surface area contributed by atoms with E-state index >= 15 is 0 Å². The molecule has 1 N–H and O–H groups in total. The van der Waals surface area contributed by atoms with Gasteiger partial charge in [-0.15, -0.1) is 0 Å². The third-order valence-electron chi connectivity index (χ3n) is 3.07. The molecular weight excluding hydrogens is 226 g/mol. The fourth-order valence-corrected chi connectivity index (χ4v) is 2.09. The molecule has 3 rings (SSSR count). The predicted molar refractivity (Wildman–Crippen MR) is 69.2 cm³/mol. The summed E-state index contributed by atoms with van der Waals surface area (Å²) in [5.74, 6) is 0.892. The van der Waals surface area contributed by atoms with Gasteiger partial charge in [0.1, 0.15) is 12.1 Å². The minimum atomic E-state index is 0.604. The van der Waals surface area contributed by atoms with E-state index in [1.807, 2.05) is 18.2 Å². The number of nitrogens with zero attached hydrogens (tertiary/aromatic N) is 2. The summed E-state index contributed by atoms with van der Waals surface area (Å²) in [4.78, 5) is 8.61. The van der Waals surface area contributed by atoms with Crippen LogP contribution in [0.25, 0.3) is 0 Å². The SMILES string of the molecule is c1ccc(CNc2ncnc3c2COCC3)cc1. The van der Waals surface area contributed by atoms with Crippen molar-refractivity contribution in [2.75, 3.05) is 11.9 Å². The molecule has 0 fully saturated rings. The van der Waals surface area contributed by atoms with Gasteiger partial charge >= 0.3 is 0 Å². The van der Waals surface area contributed by atoms with E-state index in [1.165, 1.54) is 5.56 Å². The van der Waals surface area contributed by atoms with Crippen LogP contribution >= 0.6 is 0 Å². The first-order chi connectivity index (χ1) is 8.93. The number of hydrogen-bond acceptors (Lipinski definition) is 4. The minimum Gasteiger partial charge on any atom is -0.376 e. The molecule has 4 heteroatoms. The van der Waals surface area contributed by atoms with Gasteiger partial charge < -0.3 is 10.1 Å². The number of nitrogens with one attached hydrogen (secondary N) is 1. The standard InChI is InChI=1S/C14H15N3O/c1-2-4-11(5-3-1)8-15-14-12-9-18-7-6-13(12)16-10-17-14/h1-5,10H,6-9H2,(H,15,16,17). The van der Waals surface area contributed by atoms with Gasteiger partial charge in [-0.3, -0.25) is 0 Å². The first-order valence-electron chi connectivity index (χ1n) is 6.12. The van der Waals surface area contributed by atoms with Crippen molar-refractivity contribution in [2.45, 2.75) is 19.6 Å². The number of anilines is 1. The average molecular weight is 241 g/mol. The van der Waals surface area contributed by atoms with Crippen molar-refractivity contribution >= 4 is 5.82 Å². The normalized spacial score (nSPS) is 14.0. The van der Waals surface area contributed by atoms with Crippen molar-refractivity contribution in [1.82, 2.24) is 9.97 Å². The Morgan fingerprint density at radius 2 is 2.06 bits per heavy atom. The molecule has 1 aromatic carbocycles. The maximum Gasteiger partial charge on any atom is 0.135 e. The lowest BCUT2D eigenvalue weighted by Gasteiger charge is -2.18. The number of fused-ring (bicyclic) bond motifs is 1. The molecule has 2 aromatic rings. The van der Waals surface area contributed by atoms with E-state index in [0.29, 0.717) is 6.61 Å². The Balaban J connectivity index is 1.77. The second-order valence-electron chi connectivity index (χ2n) is 4.29. The Hall–Kier alpha value is -1.94. The molecule has 0 amide bonds. The number of aromatic nitrogens is 2. The van der Waals surface area contributed by atoms with Crippen LogP contribution in [-0.4, -0.2) is 16.6 Å². The van der Waals surface area contributed by atoms with Crippen molar-refractivity contribution in [1.29, 1.82) is 0 Å². The highest BCUT2D eigenvalue weighted by molar-refractivity contribution is 5.46. The van der Waals surface area contributed by atoms with Crippen LogP contribution in [-0.2, 0) is 24.3 Å². The van der Waals surface area contributed by atoms with Crippen molar-refractivity contribution < 1.29 is 4.74 Å². The predicted octanol–water partition coefficient (Wildman–Crippen LogP) is 2.16. The monoisotopic (exact) mass is 241 g/mol. The summed E-state index contributed by atoms with van der Waals surface area (Å²) in [6.07, 6.45) is 2.50. The molecule has 1 aliphatic rings. The Labute approximate surface area is 106 Å². The molecule has 18 heavy (non-hydrogen) atoms. The van der Waals surface area contributed by atoms with Gasteiger partial charge in [0, 0.05) is 18.5 Å². The largest absolute Gasteiger partial charge is 0.376 e. The lowest BCUT2D eigenvalue weighted by molar-refractivity contribution is 0.109. The maximum absolute atomic E-state index is 5.47. The van der Waals surface area contributed by atoms with E-state index in [9.17, 15) is 0 Å². The molecule has 0 saturated heterocycles. The Bertz CT molecular complexity index is 528. The summed E-state index contributed by atoms with van der Waals surface area (Å²) in [6, 6.07) is 10.3. The van der Waals surface area contributed by atoms with Crippen molar-refractivity contribution in [3.05, 3.63) is 53.5 Å². The third kappa shape index (κ3) is 2.33. The van der Waals surface area contributed by atoms with Crippen LogP contribution < -0.4 is 5.32 Å². The van der Waals surface area contributed by atoms with Crippen LogP contribution in [0.4, 0.5) is 5.82 Å². The molecule has 0 radical (unpaired) electrons. The van der Waals surface area contributed by atoms with Gasteiger partial charge in [0.2, 0.25) is 0 Å². The van der Waals surface area contributed by atoms with Crippen LogP contribution in [0.1, 0.15) is 16.8 Å². The Morgan fingerprint density at radius 1 is 1.17 bits per heavy atom.